The number of rotatable bonds is 11. The van der Waals surface area contributed by atoms with Crippen LogP contribution in [0.2, 0.25) is 0 Å². The van der Waals surface area contributed by atoms with E-state index in [0.717, 1.165) is 19.3 Å². The van der Waals surface area contributed by atoms with Crippen LogP contribution in [0.5, 0.6) is 0 Å². The number of hydrogen-bond acceptors (Lipinski definition) is 2. The first-order valence-corrected chi connectivity index (χ1v) is 8.10. The Morgan fingerprint density at radius 1 is 1.18 bits per heavy atom. The lowest BCUT2D eigenvalue weighted by atomic mass is 10.1. The lowest BCUT2D eigenvalue weighted by molar-refractivity contribution is -0.0266. The zero-order valence-corrected chi connectivity index (χ0v) is 13.6. The van der Waals surface area contributed by atoms with E-state index in [-0.39, 0.29) is 13.0 Å². The van der Waals surface area contributed by atoms with Gasteiger partial charge in [-0.2, -0.15) is 0 Å². The van der Waals surface area contributed by atoms with E-state index in [1.165, 1.54) is 49.4 Å². The molecule has 3 nitrogen and oxygen atoms in total. The van der Waals surface area contributed by atoms with Crippen LogP contribution in [-0.4, -0.2) is 23.6 Å². The molecule has 0 aliphatic heterocycles. The van der Waals surface area contributed by atoms with Crippen molar-refractivity contribution in [3.63, 3.8) is 0 Å². The lowest BCUT2D eigenvalue weighted by Crippen LogP contribution is -2.23. The topological polar surface area (TPSA) is 31.2 Å². The Labute approximate surface area is 131 Å². The van der Waals surface area contributed by atoms with E-state index in [4.69, 9.17) is 0 Å². The summed E-state index contributed by atoms with van der Waals surface area (Å²) < 4.78 is 33.7. The molecule has 0 aliphatic carbocycles. The molecule has 0 unspecified atom stereocenters. The average molecular weight is 315 g/mol. The highest BCUT2D eigenvalue weighted by atomic mass is 19.3. The van der Waals surface area contributed by atoms with E-state index in [1.54, 1.807) is 0 Å². The van der Waals surface area contributed by atoms with Gasteiger partial charge in [-0.15, -0.1) is 0 Å². The highest BCUT2D eigenvalue weighted by Gasteiger charge is 2.28. The van der Waals surface area contributed by atoms with Crippen molar-refractivity contribution in [2.45, 2.75) is 70.8 Å². The first-order chi connectivity index (χ1) is 10.5. The van der Waals surface area contributed by atoms with Crippen molar-refractivity contribution in [2.75, 3.05) is 7.11 Å². The van der Waals surface area contributed by atoms with Gasteiger partial charge in [0.05, 0.1) is 19.2 Å². The van der Waals surface area contributed by atoms with Gasteiger partial charge in [-0.3, -0.25) is 0 Å². The SMILES string of the molecule is CCCCCCCCCC(F)(F)Cn1ccc(C(=O)OC)c1. The maximum atomic E-state index is 13.9. The first-order valence-electron chi connectivity index (χ1n) is 8.10. The van der Waals surface area contributed by atoms with Crippen LogP contribution in [0, 0.1) is 0 Å². The van der Waals surface area contributed by atoms with Crippen molar-refractivity contribution in [3.8, 4) is 0 Å². The summed E-state index contributed by atoms with van der Waals surface area (Å²) in [5.74, 6) is -3.25. The van der Waals surface area contributed by atoms with Crippen LogP contribution in [0.3, 0.4) is 0 Å². The molecular weight excluding hydrogens is 288 g/mol. The third-order valence-electron chi connectivity index (χ3n) is 3.73. The maximum Gasteiger partial charge on any atom is 0.339 e. The molecule has 1 rings (SSSR count). The Morgan fingerprint density at radius 2 is 1.82 bits per heavy atom. The van der Waals surface area contributed by atoms with Gasteiger partial charge in [-0.05, 0) is 12.5 Å². The number of alkyl halides is 2. The Morgan fingerprint density at radius 3 is 2.45 bits per heavy atom. The van der Waals surface area contributed by atoms with Crippen molar-refractivity contribution in [1.82, 2.24) is 4.57 Å². The van der Waals surface area contributed by atoms with E-state index < -0.39 is 11.9 Å². The number of esters is 1. The molecule has 0 saturated heterocycles. The van der Waals surface area contributed by atoms with Crippen molar-refractivity contribution in [2.24, 2.45) is 0 Å². The summed E-state index contributed by atoms with van der Waals surface area (Å²) in [7, 11) is 1.27. The summed E-state index contributed by atoms with van der Waals surface area (Å²) in [6, 6.07) is 1.50. The van der Waals surface area contributed by atoms with E-state index >= 15 is 0 Å². The third-order valence-corrected chi connectivity index (χ3v) is 3.73. The van der Waals surface area contributed by atoms with Crippen LogP contribution in [0.4, 0.5) is 8.78 Å². The number of hydrogen-bond donors (Lipinski definition) is 0. The number of aromatic nitrogens is 1. The van der Waals surface area contributed by atoms with Gasteiger partial charge >= 0.3 is 5.97 Å². The molecule has 0 aliphatic rings. The van der Waals surface area contributed by atoms with Crippen molar-refractivity contribution in [3.05, 3.63) is 24.0 Å². The molecule has 22 heavy (non-hydrogen) atoms. The number of carbonyl (C=O) groups excluding carboxylic acids is 1. The second-order valence-electron chi connectivity index (χ2n) is 5.79. The van der Waals surface area contributed by atoms with Gasteiger partial charge in [-0.25, -0.2) is 13.6 Å². The Kier molecular flexibility index (Phi) is 8.13. The largest absolute Gasteiger partial charge is 0.465 e. The molecule has 1 aromatic rings. The fourth-order valence-electron chi connectivity index (χ4n) is 2.46. The fraction of sp³-hybridized carbons (Fsp3) is 0.706. The van der Waals surface area contributed by atoms with Crippen LogP contribution < -0.4 is 0 Å². The number of methoxy groups -OCH3 is 1. The lowest BCUT2D eigenvalue weighted by Gasteiger charge is -2.17. The quantitative estimate of drug-likeness (QED) is 0.422. The molecule has 126 valence electrons. The molecule has 1 aromatic heterocycles. The molecule has 5 heteroatoms. The summed E-state index contributed by atoms with van der Waals surface area (Å²) in [4.78, 5) is 11.3. The van der Waals surface area contributed by atoms with Crippen LogP contribution in [0.25, 0.3) is 0 Å². The van der Waals surface area contributed by atoms with Crippen LogP contribution in [-0.2, 0) is 11.3 Å². The molecule has 0 aromatic carbocycles. The zero-order chi connectivity index (χ0) is 16.4. The molecule has 0 amide bonds. The second kappa shape index (κ2) is 9.59. The molecule has 1 heterocycles. The summed E-state index contributed by atoms with van der Waals surface area (Å²) in [6.45, 7) is 1.77. The minimum absolute atomic E-state index is 0.105. The Balaban J connectivity index is 2.28. The summed E-state index contributed by atoms with van der Waals surface area (Å²) in [5.41, 5.74) is 0.300. The molecule has 0 atom stereocenters. The number of carbonyl (C=O) groups is 1. The van der Waals surface area contributed by atoms with Gasteiger partial charge in [0.2, 0.25) is 0 Å². The number of unbranched alkanes of at least 4 members (excludes halogenated alkanes) is 6. The number of halogens is 2. The molecule has 0 fully saturated rings. The number of nitrogens with zero attached hydrogens (tertiary/aromatic N) is 1. The maximum absolute atomic E-state index is 13.9. The molecule has 0 bridgehead atoms. The second-order valence-corrected chi connectivity index (χ2v) is 5.79. The highest BCUT2D eigenvalue weighted by molar-refractivity contribution is 5.89. The molecule has 0 spiro atoms. The van der Waals surface area contributed by atoms with Crippen LogP contribution >= 0.6 is 0 Å². The van der Waals surface area contributed by atoms with Crippen LogP contribution in [0.1, 0.15) is 68.6 Å². The van der Waals surface area contributed by atoms with E-state index in [1.807, 2.05) is 0 Å². The normalized spacial score (nSPS) is 11.6. The summed E-state index contributed by atoms with van der Waals surface area (Å²) in [6.07, 6.45) is 10.00. The number of ether oxygens (including phenoxy) is 1. The minimum Gasteiger partial charge on any atom is -0.465 e. The predicted molar refractivity (Wildman–Crippen MR) is 83.3 cm³/mol. The third kappa shape index (κ3) is 7.05. The molecule has 0 N–H and O–H groups in total. The average Bonchev–Trinajstić information content (AvgIpc) is 2.93. The van der Waals surface area contributed by atoms with Crippen LogP contribution in [0.15, 0.2) is 18.5 Å². The van der Waals surface area contributed by atoms with Gasteiger partial charge in [0, 0.05) is 18.8 Å². The van der Waals surface area contributed by atoms with Gasteiger partial charge < -0.3 is 9.30 Å². The Hall–Kier alpha value is -1.39. The standard InChI is InChI=1S/C17H27F2NO2/c1-3-4-5-6-7-8-9-11-17(18,19)14-20-12-10-15(13-20)16(21)22-2/h10,12-13H,3-9,11,14H2,1-2H3. The highest BCUT2D eigenvalue weighted by Crippen LogP contribution is 2.25. The van der Waals surface area contributed by atoms with Crippen molar-refractivity contribution >= 4 is 5.97 Å². The van der Waals surface area contributed by atoms with Gasteiger partial charge in [0.1, 0.15) is 0 Å². The minimum atomic E-state index is -2.74. The van der Waals surface area contributed by atoms with Gasteiger partial charge in [0.25, 0.3) is 5.92 Å². The van der Waals surface area contributed by atoms with Crippen molar-refractivity contribution < 1.29 is 18.3 Å². The van der Waals surface area contributed by atoms with Gasteiger partial charge in [-0.1, -0.05) is 45.4 Å². The monoisotopic (exact) mass is 315 g/mol. The van der Waals surface area contributed by atoms with E-state index in [2.05, 4.69) is 11.7 Å². The molecular formula is C17H27F2NO2. The van der Waals surface area contributed by atoms with E-state index in [9.17, 15) is 13.6 Å². The molecule has 0 saturated carbocycles. The predicted octanol–water partition coefficient (Wildman–Crippen LogP) is 5.05. The van der Waals surface area contributed by atoms with E-state index in [0.29, 0.717) is 12.0 Å². The molecule has 0 radical (unpaired) electrons. The first kappa shape index (κ1) is 18.7. The zero-order valence-electron chi connectivity index (χ0n) is 13.6. The van der Waals surface area contributed by atoms with Gasteiger partial charge in [0.15, 0.2) is 0 Å². The summed E-state index contributed by atoms with van der Waals surface area (Å²) >= 11 is 0. The smallest absolute Gasteiger partial charge is 0.339 e. The fourth-order valence-corrected chi connectivity index (χ4v) is 2.46. The van der Waals surface area contributed by atoms with Crippen molar-refractivity contribution in [1.29, 1.82) is 0 Å². The summed E-state index contributed by atoms with van der Waals surface area (Å²) in [5, 5.41) is 0. The Bertz CT molecular complexity index is 444.